The Morgan fingerprint density at radius 3 is 2.86 bits per heavy atom. The van der Waals surface area contributed by atoms with Crippen molar-refractivity contribution < 1.29 is 8.42 Å². The standard InChI is InChI=1S/C21H26N4O2S/c1-28(26,27)24-11-10-23-21(15-22)9-7-17-16(14-21)5-6-19-18(17)8-13-25-12-3-2-4-20(19)25/h2-4,8,12,23-24H,5-7,9-11,13-14H2,1H3. The number of nitrogens with one attached hydrogen (secondary N) is 2. The Morgan fingerprint density at radius 1 is 1.21 bits per heavy atom. The third kappa shape index (κ3) is 3.72. The van der Waals surface area contributed by atoms with Gasteiger partial charge in [-0.05, 0) is 54.6 Å². The van der Waals surface area contributed by atoms with Gasteiger partial charge >= 0.3 is 0 Å². The van der Waals surface area contributed by atoms with Crippen LogP contribution < -0.4 is 10.0 Å². The molecular formula is C21H26N4O2S. The van der Waals surface area contributed by atoms with Crippen molar-refractivity contribution in [2.45, 2.75) is 37.6 Å². The predicted molar refractivity (Wildman–Crippen MR) is 109 cm³/mol. The van der Waals surface area contributed by atoms with E-state index in [1.807, 2.05) is 0 Å². The third-order valence-electron chi connectivity index (χ3n) is 5.98. The highest BCUT2D eigenvalue weighted by Crippen LogP contribution is 2.47. The molecule has 1 atom stereocenters. The third-order valence-corrected chi connectivity index (χ3v) is 6.71. The van der Waals surface area contributed by atoms with E-state index in [4.69, 9.17) is 0 Å². The highest BCUT2D eigenvalue weighted by molar-refractivity contribution is 7.88. The van der Waals surface area contributed by atoms with Crippen molar-refractivity contribution in [3.8, 4) is 6.07 Å². The number of rotatable bonds is 5. The second-order valence-electron chi connectivity index (χ2n) is 7.88. The van der Waals surface area contributed by atoms with Gasteiger partial charge in [0, 0.05) is 38.0 Å². The van der Waals surface area contributed by atoms with Crippen LogP contribution in [0, 0.1) is 11.3 Å². The predicted octanol–water partition coefficient (Wildman–Crippen LogP) is 2.24. The number of nitriles is 1. The van der Waals surface area contributed by atoms with Crippen LogP contribution in [0.3, 0.4) is 0 Å². The SMILES string of the molecule is CS(=O)(=O)NCCNC1(C#N)CCC2=C(CCC3=C4C=CC=CN4CC=C23)C1. The second-order valence-corrected chi connectivity index (χ2v) is 9.71. The molecule has 0 aromatic heterocycles. The molecule has 0 radical (unpaired) electrons. The average Bonchev–Trinajstić information content (AvgIpc) is 2.70. The van der Waals surface area contributed by atoms with Gasteiger partial charge < -0.3 is 4.90 Å². The molecule has 2 aliphatic heterocycles. The van der Waals surface area contributed by atoms with Crippen molar-refractivity contribution in [3.63, 3.8) is 0 Å². The molecule has 0 spiro atoms. The van der Waals surface area contributed by atoms with E-state index in [0.29, 0.717) is 13.1 Å². The average molecular weight is 399 g/mol. The quantitative estimate of drug-likeness (QED) is 0.694. The van der Waals surface area contributed by atoms with Crippen LogP contribution in [0.4, 0.5) is 0 Å². The summed E-state index contributed by atoms with van der Waals surface area (Å²) in [6.07, 6.45) is 16.3. The molecule has 4 aliphatic rings. The van der Waals surface area contributed by atoms with Crippen molar-refractivity contribution >= 4 is 10.0 Å². The summed E-state index contributed by atoms with van der Waals surface area (Å²) in [5.41, 5.74) is 6.35. The monoisotopic (exact) mass is 398 g/mol. The Morgan fingerprint density at radius 2 is 2.07 bits per heavy atom. The van der Waals surface area contributed by atoms with Crippen molar-refractivity contribution in [1.29, 1.82) is 5.26 Å². The van der Waals surface area contributed by atoms with Gasteiger partial charge in [-0.15, -0.1) is 0 Å². The van der Waals surface area contributed by atoms with E-state index in [0.717, 1.165) is 44.9 Å². The normalized spacial score (nSPS) is 26.4. The Labute approximate surface area is 167 Å². The van der Waals surface area contributed by atoms with Crippen molar-refractivity contribution in [2.75, 3.05) is 25.9 Å². The van der Waals surface area contributed by atoms with E-state index in [1.165, 1.54) is 28.0 Å². The molecule has 0 fully saturated rings. The number of nitrogens with zero attached hydrogens (tertiary/aromatic N) is 2. The van der Waals surface area contributed by atoms with Crippen LogP contribution in [-0.4, -0.2) is 44.7 Å². The van der Waals surface area contributed by atoms with E-state index < -0.39 is 15.6 Å². The summed E-state index contributed by atoms with van der Waals surface area (Å²) in [6, 6.07) is 2.48. The highest BCUT2D eigenvalue weighted by Gasteiger charge is 2.39. The second kappa shape index (κ2) is 7.36. The lowest BCUT2D eigenvalue weighted by atomic mass is 9.69. The zero-order chi connectivity index (χ0) is 19.8. The van der Waals surface area contributed by atoms with Crippen LogP contribution >= 0.6 is 0 Å². The van der Waals surface area contributed by atoms with Gasteiger partial charge in [0.25, 0.3) is 0 Å². The number of allylic oxidation sites excluding steroid dienone is 6. The molecule has 2 heterocycles. The minimum Gasteiger partial charge on any atom is -0.344 e. The van der Waals surface area contributed by atoms with Crippen LogP contribution in [0.5, 0.6) is 0 Å². The van der Waals surface area contributed by atoms with Crippen LogP contribution in [0.25, 0.3) is 0 Å². The fourth-order valence-corrected chi connectivity index (χ4v) is 5.14. The molecule has 6 nitrogen and oxygen atoms in total. The molecule has 0 saturated heterocycles. The van der Waals surface area contributed by atoms with Crippen LogP contribution in [0.15, 0.2) is 58.5 Å². The molecule has 4 rings (SSSR count). The van der Waals surface area contributed by atoms with Crippen molar-refractivity contribution in [3.05, 3.63) is 58.5 Å². The van der Waals surface area contributed by atoms with E-state index in [2.05, 4.69) is 51.5 Å². The largest absolute Gasteiger partial charge is 0.344 e. The molecule has 0 bridgehead atoms. The first-order valence-corrected chi connectivity index (χ1v) is 11.7. The molecule has 2 N–H and O–H groups in total. The van der Waals surface area contributed by atoms with Gasteiger partial charge in [-0.3, -0.25) is 5.32 Å². The lowest BCUT2D eigenvalue weighted by molar-refractivity contribution is 0.360. The number of hydrogen-bond donors (Lipinski definition) is 2. The van der Waals surface area contributed by atoms with E-state index >= 15 is 0 Å². The minimum atomic E-state index is -3.20. The molecule has 28 heavy (non-hydrogen) atoms. The number of fused-ring (bicyclic) bond motifs is 3. The summed E-state index contributed by atoms with van der Waals surface area (Å²) in [6.45, 7) is 1.64. The summed E-state index contributed by atoms with van der Waals surface area (Å²) in [4.78, 5) is 2.29. The van der Waals surface area contributed by atoms with Gasteiger partial charge in [0.05, 0.1) is 12.3 Å². The first-order valence-electron chi connectivity index (χ1n) is 9.78. The van der Waals surface area contributed by atoms with Crippen LogP contribution in [0.2, 0.25) is 0 Å². The zero-order valence-corrected chi connectivity index (χ0v) is 17.0. The molecule has 148 valence electrons. The van der Waals surface area contributed by atoms with E-state index in [1.54, 1.807) is 0 Å². The first-order chi connectivity index (χ1) is 13.4. The lowest BCUT2D eigenvalue weighted by Crippen LogP contribution is -2.49. The van der Waals surface area contributed by atoms with E-state index in [-0.39, 0.29) is 0 Å². The zero-order valence-electron chi connectivity index (χ0n) is 16.2. The molecule has 0 aromatic rings. The maximum atomic E-state index is 11.2. The van der Waals surface area contributed by atoms with Crippen molar-refractivity contribution in [1.82, 2.24) is 14.9 Å². The Balaban J connectivity index is 1.51. The van der Waals surface area contributed by atoms with E-state index in [9.17, 15) is 13.7 Å². The van der Waals surface area contributed by atoms with Crippen molar-refractivity contribution in [2.24, 2.45) is 0 Å². The molecule has 0 saturated carbocycles. The smallest absolute Gasteiger partial charge is 0.208 e. The first kappa shape index (κ1) is 19.2. The molecule has 2 aliphatic carbocycles. The fourth-order valence-electron chi connectivity index (χ4n) is 4.67. The molecular weight excluding hydrogens is 372 g/mol. The molecule has 7 heteroatoms. The van der Waals surface area contributed by atoms with Crippen LogP contribution in [0.1, 0.15) is 32.1 Å². The Kier molecular flexibility index (Phi) is 5.04. The number of sulfonamides is 1. The van der Waals surface area contributed by atoms with Gasteiger partial charge in [-0.1, -0.05) is 17.7 Å². The summed E-state index contributed by atoms with van der Waals surface area (Å²) < 4.78 is 24.9. The van der Waals surface area contributed by atoms with Crippen LogP contribution in [-0.2, 0) is 10.0 Å². The Bertz CT molecular complexity index is 978. The van der Waals surface area contributed by atoms with Gasteiger partial charge in [0.2, 0.25) is 10.0 Å². The summed E-state index contributed by atoms with van der Waals surface area (Å²) in [5.74, 6) is 0. The van der Waals surface area contributed by atoms with Gasteiger partial charge in [0.15, 0.2) is 0 Å². The molecule has 0 amide bonds. The maximum absolute atomic E-state index is 11.2. The summed E-state index contributed by atoms with van der Waals surface area (Å²) in [7, 11) is -3.20. The van der Waals surface area contributed by atoms with Gasteiger partial charge in [-0.25, -0.2) is 13.1 Å². The maximum Gasteiger partial charge on any atom is 0.208 e. The summed E-state index contributed by atoms with van der Waals surface area (Å²) >= 11 is 0. The molecule has 1 unspecified atom stereocenters. The Hall–Kier alpha value is -2.14. The highest BCUT2D eigenvalue weighted by atomic mass is 32.2. The van der Waals surface area contributed by atoms with Gasteiger partial charge in [-0.2, -0.15) is 5.26 Å². The minimum absolute atomic E-state index is 0.297. The fraction of sp³-hybridized carbons (Fsp3) is 0.476. The topological polar surface area (TPSA) is 85.2 Å². The molecule has 0 aromatic carbocycles. The number of hydrogen-bond acceptors (Lipinski definition) is 5. The lowest BCUT2D eigenvalue weighted by Gasteiger charge is -2.41. The van der Waals surface area contributed by atoms with Gasteiger partial charge in [0.1, 0.15) is 5.54 Å². The summed E-state index contributed by atoms with van der Waals surface area (Å²) in [5, 5.41) is 13.2.